The minimum atomic E-state index is -0.122. The van der Waals surface area contributed by atoms with E-state index in [-0.39, 0.29) is 24.6 Å². The van der Waals surface area contributed by atoms with Gasteiger partial charge in [-0.1, -0.05) is 24.3 Å². The molecule has 1 aliphatic heterocycles. The number of fused-ring (bicyclic) bond motifs is 1. The van der Waals surface area contributed by atoms with Crippen LogP contribution < -0.4 is 25.4 Å². The van der Waals surface area contributed by atoms with E-state index in [0.717, 1.165) is 36.3 Å². The van der Waals surface area contributed by atoms with E-state index in [1.54, 1.807) is 0 Å². The number of hydrogen-bond acceptors (Lipinski definition) is 5. The zero-order valence-electron chi connectivity index (χ0n) is 18.6. The Balaban J connectivity index is 1.28. The van der Waals surface area contributed by atoms with Crippen molar-refractivity contribution in [2.45, 2.75) is 51.1 Å². The summed E-state index contributed by atoms with van der Waals surface area (Å²) in [4.78, 5) is 23.1. The van der Waals surface area contributed by atoms with Gasteiger partial charge in [-0.15, -0.1) is 0 Å². The number of carbonyl (C=O) groups excluding carboxylic acids is 2. The molecule has 0 unspecified atom stereocenters. The lowest BCUT2D eigenvalue weighted by molar-refractivity contribution is -0.118. The lowest BCUT2D eigenvalue weighted by atomic mass is 9.96. The van der Waals surface area contributed by atoms with Crippen molar-refractivity contribution < 1.29 is 19.1 Å². The van der Waals surface area contributed by atoms with E-state index < -0.39 is 0 Å². The first kappa shape index (κ1) is 22.1. The van der Waals surface area contributed by atoms with E-state index in [9.17, 15) is 9.59 Å². The molecular formula is C25H31N3O4. The monoisotopic (exact) mass is 437 g/mol. The predicted octanol–water partition coefficient (Wildman–Crippen LogP) is 3.27. The highest BCUT2D eigenvalue weighted by Crippen LogP contribution is 2.40. The molecule has 0 aromatic heterocycles. The van der Waals surface area contributed by atoms with Crippen LogP contribution in [0, 0.1) is 0 Å². The Morgan fingerprint density at radius 2 is 1.81 bits per heavy atom. The Hall–Kier alpha value is -3.06. The Kier molecular flexibility index (Phi) is 6.95. The molecule has 0 bridgehead atoms. The maximum absolute atomic E-state index is 12.3. The van der Waals surface area contributed by atoms with E-state index in [0.29, 0.717) is 30.6 Å². The molecule has 1 heterocycles. The van der Waals surface area contributed by atoms with Gasteiger partial charge < -0.3 is 25.4 Å². The van der Waals surface area contributed by atoms with Crippen molar-refractivity contribution in [3.8, 4) is 11.5 Å². The predicted molar refractivity (Wildman–Crippen MR) is 122 cm³/mol. The highest BCUT2D eigenvalue weighted by Gasteiger charge is 2.28. The maximum atomic E-state index is 12.3. The molecule has 2 amide bonds. The van der Waals surface area contributed by atoms with Crippen molar-refractivity contribution in [1.29, 1.82) is 0 Å². The number of rotatable bonds is 8. The molecule has 170 valence electrons. The first-order chi connectivity index (χ1) is 15.5. The van der Waals surface area contributed by atoms with Crippen molar-refractivity contribution >= 4 is 11.8 Å². The van der Waals surface area contributed by atoms with Crippen LogP contribution in [0.25, 0.3) is 0 Å². The van der Waals surface area contributed by atoms with Crippen LogP contribution in [0.4, 0.5) is 0 Å². The van der Waals surface area contributed by atoms with Gasteiger partial charge in [0.15, 0.2) is 11.5 Å². The number of carbonyl (C=O) groups is 2. The van der Waals surface area contributed by atoms with E-state index in [2.05, 4.69) is 41.1 Å². The second-order valence-corrected chi connectivity index (χ2v) is 8.54. The van der Waals surface area contributed by atoms with Crippen LogP contribution >= 0.6 is 0 Å². The zero-order valence-corrected chi connectivity index (χ0v) is 18.6. The number of para-hydroxylation sites is 1. The summed E-state index contributed by atoms with van der Waals surface area (Å²) in [5.74, 6) is 1.94. The van der Waals surface area contributed by atoms with Crippen molar-refractivity contribution in [2.75, 3.05) is 19.9 Å². The Morgan fingerprint density at radius 1 is 1.03 bits per heavy atom. The molecule has 2 aliphatic rings. The van der Waals surface area contributed by atoms with Gasteiger partial charge in [-0.2, -0.15) is 0 Å². The van der Waals surface area contributed by atoms with Gasteiger partial charge in [0.2, 0.25) is 12.7 Å². The van der Waals surface area contributed by atoms with Crippen LogP contribution in [0.15, 0.2) is 42.5 Å². The molecular weight excluding hydrogens is 406 g/mol. The van der Waals surface area contributed by atoms with Gasteiger partial charge in [0.25, 0.3) is 5.91 Å². The van der Waals surface area contributed by atoms with Crippen LogP contribution in [0.5, 0.6) is 11.5 Å². The lowest BCUT2D eigenvalue weighted by Gasteiger charge is -2.21. The van der Waals surface area contributed by atoms with Crippen LogP contribution in [0.3, 0.4) is 0 Å². The van der Waals surface area contributed by atoms with Gasteiger partial charge in [-0.05, 0) is 55.9 Å². The molecule has 1 aliphatic carbocycles. The van der Waals surface area contributed by atoms with Crippen molar-refractivity contribution in [2.24, 2.45) is 0 Å². The number of hydrogen-bond donors (Lipinski definition) is 3. The summed E-state index contributed by atoms with van der Waals surface area (Å²) in [6.45, 7) is 4.76. The topological polar surface area (TPSA) is 88.7 Å². The second kappa shape index (κ2) is 10.0. The molecule has 1 fully saturated rings. The van der Waals surface area contributed by atoms with Crippen LogP contribution in [0.1, 0.15) is 66.6 Å². The average molecular weight is 438 g/mol. The van der Waals surface area contributed by atoms with Crippen molar-refractivity contribution in [1.82, 2.24) is 16.0 Å². The number of nitrogens with one attached hydrogen (secondary N) is 3. The van der Waals surface area contributed by atoms with E-state index in [1.807, 2.05) is 24.3 Å². The van der Waals surface area contributed by atoms with E-state index >= 15 is 0 Å². The third-order valence-corrected chi connectivity index (χ3v) is 6.24. The van der Waals surface area contributed by atoms with Crippen LogP contribution in [-0.4, -0.2) is 37.7 Å². The average Bonchev–Trinajstić information content (AvgIpc) is 3.46. The summed E-state index contributed by atoms with van der Waals surface area (Å²) < 4.78 is 11.2. The first-order valence-electron chi connectivity index (χ1n) is 11.3. The molecule has 0 radical (unpaired) electrons. The molecule has 0 saturated heterocycles. The fourth-order valence-corrected chi connectivity index (χ4v) is 4.60. The van der Waals surface area contributed by atoms with Gasteiger partial charge >= 0.3 is 0 Å². The molecule has 2 aromatic carbocycles. The largest absolute Gasteiger partial charge is 0.454 e. The molecule has 7 nitrogen and oxygen atoms in total. The maximum Gasteiger partial charge on any atom is 0.251 e. The van der Waals surface area contributed by atoms with Crippen LogP contribution in [-0.2, 0) is 4.79 Å². The number of benzene rings is 2. The van der Waals surface area contributed by atoms with E-state index in [4.69, 9.17) is 9.47 Å². The summed E-state index contributed by atoms with van der Waals surface area (Å²) in [6, 6.07) is 14.6. The minimum Gasteiger partial charge on any atom is -0.454 e. The normalized spacial score (nSPS) is 20.1. The lowest BCUT2D eigenvalue weighted by Crippen LogP contribution is -2.33. The summed E-state index contributed by atoms with van der Waals surface area (Å²) in [7, 11) is 0. The molecule has 32 heavy (non-hydrogen) atoms. The molecule has 4 rings (SSSR count). The summed E-state index contributed by atoms with van der Waals surface area (Å²) in [6.07, 6.45) is 3.31. The van der Waals surface area contributed by atoms with Crippen molar-refractivity contribution in [3.63, 3.8) is 0 Å². The molecule has 2 aromatic rings. The highest BCUT2D eigenvalue weighted by molar-refractivity contribution is 5.94. The van der Waals surface area contributed by atoms with E-state index in [1.165, 1.54) is 12.5 Å². The number of ether oxygens (including phenoxy) is 2. The standard InChI is InChI=1S/C25H31N3O4/c1-16(22-4-3-5-23-24(22)32-15-31-23)28-21-11-10-20(14-21)18-6-8-19(9-7-18)25(30)27-13-12-26-17(2)29/h3-9,16,20-21,28H,10-15H2,1-2H3,(H,26,29)(H,27,30)/t16-,20-,21+/m1/s1. The van der Waals surface area contributed by atoms with Crippen molar-refractivity contribution in [3.05, 3.63) is 59.2 Å². The quantitative estimate of drug-likeness (QED) is 0.552. The smallest absolute Gasteiger partial charge is 0.251 e. The second-order valence-electron chi connectivity index (χ2n) is 8.54. The molecule has 1 saturated carbocycles. The fraction of sp³-hybridized carbons (Fsp3) is 0.440. The van der Waals surface area contributed by atoms with Gasteiger partial charge in [0.1, 0.15) is 0 Å². The number of amides is 2. The minimum absolute atomic E-state index is 0.0996. The Morgan fingerprint density at radius 3 is 2.59 bits per heavy atom. The molecule has 3 N–H and O–H groups in total. The van der Waals surface area contributed by atoms with Gasteiger partial charge in [-0.25, -0.2) is 0 Å². The van der Waals surface area contributed by atoms with Gasteiger partial charge in [0.05, 0.1) is 0 Å². The first-order valence-corrected chi connectivity index (χ1v) is 11.3. The summed E-state index contributed by atoms with van der Waals surface area (Å²) in [5, 5.41) is 9.25. The van der Waals surface area contributed by atoms with Crippen LogP contribution in [0.2, 0.25) is 0 Å². The third kappa shape index (κ3) is 5.22. The van der Waals surface area contributed by atoms with Gasteiger partial charge in [-0.3, -0.25) is 9.59 Å². The Labute approximate surface area is 188 Å². The SMILES string of the molecule is CC(=O)NCCNC(=O)c1ccc([C@@H]2CC[C@H](N[C@H](C)c3cccc4c3OCO4)C2)cc1. The molecule has 0 spiro atoms. The zero-order chi connectivity index (χ0) is 22.5. The summed E-state index contributed by atoms with van der Waals surface area (Å²) in [5.41, 5.74) is 3.05. The summed E-state index contributed by atoms with van der Waals surface area (Å²) >= 11 is 0. The highest BCUT2D eigenvalue weighted by atomic mass is 16.7. The molecule has 3 atom stereocenters. The fourth-order valence-electron chi connectivity index (χ4n) is 4.60. The molecule has 7 heteroatoms. The van der Waals surface area contributed by atoms with Gasteiger partial charge in [0, 0.05) is 43.2 Å². The Bertz CT molecular complexity index is 960. The third-order valence-electron chi connectivity index (χ3n) is 6.24.